The standard InChI is InChI=1S/C18H15N3O2S/c1-22-14-7-4-6-13(10-14)19-18-21-20-15(11-24-18)17-9-12-5-2-3-8-16(12)23-17/h2-10H,11H2,1H3,(H,19,21). The number of nitrogens with zero attached hydrogens (tertiary/aromatic N) is 2. The van der Waals surface area contributed by atoms with E-state index in [1.54, 1.807) is 18.9 Å². The molecule has 0 bridgehead atoms. The first-order valence-electron chi connectivity index (χ1n) is 7.49. The van der Waals surface area contributed by atoms with Crippen molar-refractivity contribution in [3.05, 3.63) is 60.4 Å². The Morgan fingerprint density at radius 2 is 2.08 bits per heavy atom. The number of methoxy groups -OCH3 is 1. The molecule has 0 amide bonds. The van der Waals surface area contributed by atoms with E-state index in [1.807, 2.05) is 54.6 Å². The summed E-state index contributed by atoms with van der Waals surface area (Å²) in [5, 5.41) is 6.24. The molecule has 1 aliphatic heterocycles. The summed E-state index contributed by atoms with van der Waals surface area (Å²) in [6.45, 7) is 0. The first-order valence-corrected chi connectivity index (χ1v) is 8.47. The van der Waals surface area contributed by atoms with E-state index in [-0.39, 0.29) is 0 Å². The van der Waals surface area contributed by atoms with Gasteiger partial charge in [-0.15, -0.1) is 0 Å². The summed E-state index contributed by atoms with van der Waals surface area (Å²) in [4.78, 5) is 4.55. The zero-order valence-electron chi connectivity index (χ0n) is 13.0. The lowest BCUT2D eigenvalue weighted by Crippen LogP contribution is -2.24. The molecule has 1 aliphatic rings. The maximum Gasteiger partial charge on any atom is 0.182 e. The van der Waals surface area contributed by atoms with Gasteiger partial charge in [-0.2, -0.15) is 5.10 Å². The molecule has 0 unspecified atom stereocenters. The summed E-state index contributed by atoms with van der Waals surface area (Å²) < 4.78 is 11.1. The zero-order valence-corrected chi connectivity index (χ0v) is 13.8. The summed E-state index contributed by atoms with van der Waals surface area (Å²) in [6.07, 6.45) is 0. The maximum atomic E-state index is 5.85. The van der Waals surface area contributed by atoms with Crippen molar-refractivity contribution in [3.63, 3.8) is 0 Å². The van der Waals surface area contributed by atoms with Gasteiger partial charge in [0.15, 0.2) is 10.9 Å². The van der Waals surface area contributed by atoms with Gasteiger partial charge >= 0.3 is 0 Å². The molecule has 0 saturated heterocycles. The molecule has 24 heavy (non-hydrogen) atoms. The van der Waals surface area contributed by atoms with Gasteiger partial charge in [0.1, 0.15) is 17.0 Å². The highest BCUT2D eigenvalue weighted by Crippen LogP contribution is 2.24. The third-order valence-electron chi connectivity index (χ3n) is 3.63. The van der Waals surface area contributed by atoms with Crippen LogP contribution in [-0.4, -0.2) is 23.7 Å². The van der Waals surface area contributed by atoms with Crippen LogP contribution in [0.15, 0.2) is 69.1 Å². The predicted octanol–water partition coefficient (Wildman–Crippen LogP) is 4.17. The number of ether oxygens (including phenoxy) is 1. The van der Waals surface area contributed by atoms with Crippen molar-refractivity contribution in [2.24, 2.45) is 10.1 Å². The molecular weight excluding hydrogens is 322 g/mol. The molecule has 0 radical (unpaired) electrons. The van der Waals surface area contributed by atoms with Crippen molar-refractivity contribution < 1.29 is 9.15 Å². The number of amidine groups is 1. The van der Waals surface area contributed by atoms with Crippen LogP contribution >= 0.6 is 11.8 Å². The molecular formula is C18H15N3O2S. The van der Waals surface area contributed by atoms with Crippen LogP contribution in [0, 0.1) is 0 Å². The highest BCUT2D eigenvalue weighted by Gasteiger charge is 2.16. The Kier molecular flexibility index (Phi) is 3.96. The SMILES string of the molecule is COc1cccc(N=C2NN=C(c3cc4ccccc4o3)CS2)c1. The maximum absolute atomic E-state index is 5.85. The molecule has 0 spiro atoms. The number of hydrogen-bond acceptors (Lipinski definition) is 5. The van der Waals surface area contributed by atoms with Gasteiger partial charge in [-0.25, -0.2) is 4.99 Å². The minimum Gasteiger partial charge on any atom is -0.497 e. The van der Waals surface area contributed by atoms with Gasteiger partial charge in [0.25, 0.3) is 0 Å². The Bertz CT molecular complexity index is 913. The number of nitrogens with one attached hydrogen (secondary N) is 1. The number of rotatable bonds is 3. The summed E-state index contributed by atoms with van der Waals surface area (Å²) in [7, 11) is 1.64. The Labute approximate surface area is 143 Å². The number of fused-ring (bicyclic) bond motifs is 1. The van der Waals surface area contributed by atoms with Crippen molar-refractivity contribution in [3.8, 4) is 5.75 Å². The van der Waals surface area contributed by atoms with Gasteiger partial charge in [-0.05, 0) is 24.3 Å². The fourth-order valence-electron chi connectivity index (χ4n) is 2.42. The molecule has 1 aromatic heterocycles. The van der Waals surface area contributed by atoms with E-state index in [0.717, 1.165) is 39.0 Å². The molecule has 0 aliphatic carbocycles. The average molecular weight is 337 g/mol. The van der Waals surface area contributed by atoms with Gasteiger partial charge in [-0.1, -0.05) is 36.0 Å². The summed E-state index contributed by atoms with van der Waals surface area (Å²) in [6, 6.07) is 17.6. The van der Waals surface area contributed by atoms with E-state index in [0.29, 0.717) is 5.75 Å². The topological polar surface area (TPSA) is 59.1 Å². The summed E-state index contributed by atoms with van der Waals surface area (Å²) in [5.41, 5.74) is 5.57. The van der Waals surface area contributed by atoms with Crippen LogP contribution in [0.3, 0.4) is 0 Å². The summed E-state index contributed by atoms with van der Waals surface area (Å²) in [5.74, 6) is 2.27. The Hall–Kier alpha value is -2.73. The van der Waals surface area contributed by atoms with Crippen molar-refractivity contribution in [1.29, 1.82) is 0 Å². The largest absolute Gasteiger partial charge is 0.497 e. The van der Waals surface area contributed by atoms with Crippen LogP contribution < -0.4 is 10.2 Å². The second kappa shape index (κ2) is 6.41. The van der Waals surface area contributed by atoms with Crippen LogP contribution in [0.5, 0.6) is 5.75 Å². The molecule has 1 N–H and O–H groups in total. The van der Waals surface area contributed by atoms with Crippen LogP contribution in [-0.2, 0) is 0 Å². The Morgan fingerprint density at radius 3 is 2.88 bits per heavy atom. The highest BCUT2D eigenvalue weighted by atomic mass is 32.2. The number of hydrogen-bond donors (Lipinski definition) is 1. The second-order valence-corrected chi connectivity index (χ2v) is 6.19. The fraction of sp³-hybridized carbons (Fsp3) is 0.111. The number of para-hydroxylation sites is 1. The minimum atomic E-state index is 0.704. The number of hydrazone groups is 1. The number of thioether (sulfide) groups is 1. The van der Waals surface area contributed by atoms with Crippen LogP contribution in [0.4, 0.5) is 5.69 Å². The third kappa shape index (κ3) is 3.00. The first kappa shape index (κ1) is 14.8. The lowest BCUT2D eigenvalue weighted by molar-refractivity contribution is 0.415. The molecule has 5 nitrogen and oxygen atoms in total. The van der Waals surface area contributed by atoms with Gasteiger partial charge < -0.3 is 9.15 Å². The van der Waals surface area contributed by atoms with Gasteiger partial charge in [0, 0.05) is 17.2 Å². The zero-order chi connectivity index (χ0) is 16.4. The molecule has 6 heteroatoms. The highest BCUT2D eigenvalue weighted by molar-refractivity contribution is 8.14. The Balaban J connectivity index is 1.55. The smallest absolute Gasteiger partial charge is 0.182 e. The second-order valence-electron chi connectivity index (χ2n) is 5.23. The van der Waals surface area contributed by atoms with E-state index < -0.39 is 0 Å². The number of benzene rings is 2. The molecule has 3 aromatic rings. The monoisotopic (exact) mass is 337 g/mol. The van der Waals surface area contributed by atoms with Crippen molar-refractivity contribution in [2.75, 3.05) is 12.9 Å². The number of aliphatic imine (C=N–C) groups is 1. The van der Waals surface area contributed by atoms with Gasteiger partial charge in [0.2, 0.25) is 0 Å². The summed E-state index contributed by atoms with van der Waals surface area (Å²) >= 11 is 1.59. The van der Waals surface area contributed by atoms with E-state index >= 15 is 0 Å². The molecule has 0 fully saturated rings. The van der Waals surface area contributed by atoms with E-state index in [9.17, 15) is 0 Å². The molecule has 2 heterocycles. The first-order chi connectivity index (χ1) is 11.8. The Morgan fingerprint density at radius 1 is 1.17 bits per heavy atom. The molecule has 0 atom stereocenters. The van der Waals surface area contributed by atoms with E-state index in [2.05, 4.69) is 15.5 Å². The lowest BCUT2D eigenvalue weighted by Gasteiger charge is -2.13. The van der Waals surface area contributed by atoms with Crippen LogP contribution in [0.25, 0.3) is 11.0 Å². The average Bonchev–Trinajstić information content (AvgIpc) is 3.06. The van der Waals surface area contributed by atoms with E-state index in [1.165, 1.54) is 0 Å². The lowest BCUT2D eigenvalue weighted by atomic mass is 10.2. The van der Waals surface area contributed by atoms with Crippen LogP contribution in [0.1, 0.15) is 5.76 Å². The molecule has 4 rings (SSSR count). The fourth-order valence-corrected chi connectivity index (χ4v) is 3.18. The van der Waals surface area contributed by atoms with Crippen molar-refractivity contribution in [2.45, 2.75) is 0 Å². The van der Waals surface area contributed by atoms with Crippen molar-refractivity contribution in [1.82, 2.24) is 5.43 Å². The van der Waals surface area contributed by atoms with Crippen LogP contribution in [0.2, 0.25) is 0 Å². The van der Waals surface area contributed by atoms with Crippen molar-refractivity contribution >= 4 is 39.3 Å². The number of furan rings is 1. The normalized spacial score (nSPS) is 16.0. The van der Waals surface area contributed by atoms with E-state index in [4.69, 9.17) is 9.15 Å². The quantitative estimate of drug-likeness (QED) is 0.779. The van der Waals surface area contributed by atoms with Gasteiger partial charge in [0.05, 0.1) is 12.8 Å². The molecule has 0 saturated carbocycles. The molecule has 120 valence electrons. The molecule has 2 aromatic carbocycles. The van der Waals surface area contributed by atoms with Gasteiger partial charge in [-0.3, -0.25) is 5.43 Å². The predicted molar refractivity (Wildman–Crippen MR) is 98.4 cm³/mol. The minimum absolute atomic E-state index is 0.704. The third-order valence-corrected chi connectivity index (χ3v) is 4.50.